The van der Waals surface area contributed by atoms with E-state index in [0.717, 1.165) is 50.3 Å². The van der Waals surface area contributed by atoms with Crippen LogP contribution in [0.3, 0.4) is 0 Å². The Morgan fingerprint density at radius 3 is 1.76 bits per heavy atom. The lowest BCUT2D eigenvalue weighted by Gasteiger charge is -2.07. The van der Waals surface area contributed by atoms with E-state index in [4.69, 9.17) is 28.7 Å². The van der Waals surface area contributed by atoms with E-state index >= 15 is 0 Å². The number of nitrogen functional groups attached to an aromatic ring is 5. The molecular formula is C52H72N26. The van der Waals surface area contributed by atoms with Crippen molar-refractivity contribution in [2.24, 2.45) is 0 Å². The highest BCUT2D eigenvalue weighted by Crippen LogP contribution is 2.23. The van der Waals surface area contributed by atoms with Gasteiger partial charge in [-0.25, -0.2) is 64.0 Å². The number of fused-ring (bicyclic) bond motifs is 6. The van der Waals surface area contributed by atoms with E-state index in [2.05, 4.69) is 154 Å². The second-order valence-electron chi connectivity index (χ2n) is 19.4. The van der Waals surface area contributed by atoms with E-state index in [1.165, 1.54) is 19.0 Å². The predicted octanol–water partition coefficient (Wildman–Crippen LogP) is 8.49. The maximum Gasteiger partial charge on any atom is 0.196 e. The molecule has 78 heavy (non-hydrogen) atoms. The summed E-state index contributed by atoms with van der Waals surface area (Å²) < 4.78 is 11.3. The van der Waals surface area contributed by atoms with Gasteiger partial charge in [0.25, 0.3) is 0 Å². The highest BCUT2D eigenvalue weighted by atomic mass is 15.5. The minimum atomic E-state index is 0. The van der Waals surface area contributed by atoms with E-state index in [9.17, 15) is 0 Å². The highest BCUT2D eigenvalue weighted by Gasteiger charge is 2.14. The average Bonchev–Trinajstić information content (AvgIpc) is 4.26. The van der Waals surface area contributed by atoms with E-state index < -0.39 is 0 Å². The molecule has 12 heterocycles. The van der Waals surface area contributed by atoms with Crippen molar-refractivity contribution in [1.82, 2.24) is 103 Å². The zero-order chi connectivity index (χ0) is 55.7. The van der Waals surface area contributed by atoms with Gasteiger partial charge in [-0.3, -0.25) is 0 Å². The molecule has 0 bridgehead atoms. The maximum absolute atomic E-state index is 5.75. The first-order chi connectivity index (χ1) is 36.8. The van der Waals surface area contributed by atoms with Crippen molar-refractivity contribution in [3.05, 3.63) is 110 Å². The number of pyridine rings is 2. The van der Waals surface area contributed by atoms with Crippen molar-refractivity contribution in [3.63, 3.8) is 0 Å². The average molecular weight is 1060 g/mol. The topological polar surface area (TPSA) is 352 Å². The summed E-state index contributed by atoms with van der Waals surface area (Å²) in [6.07, 6.45) is 18.8. The molecule has 12 rings (SSSR count). The molecule has 0 aliphatic carbocycles. The van der Waals surface area contributed by atoms with Gasteiger partial charge in [-0.15, -0.1) is 5.10 Å². The third kappa shape index (κ3) is 12.8. The summed E-state index contributed by atoms with van der Waals surface area (Å²) in [5.74, 6) is 2.76. The lowest BCUT2D eigenvalue weighted by atomic mass is 10.1. The van der Waals surface area contributed by atoms with Crippen LogP contribution in [0, 0.1) is 0 Å². The minimum absolute atomic E-state index is 0. The number of imidazole rings is 3. The number of hydrogen-bond donors (Lipinski definition) is 5. The Kier molecular flexibility index (Phi) is 18.8. The van der Waals surface area contributed by atoms with Crippen LogP contribution in [0.15, 0.2) is 99.1 Å². The molecule has 12 aromatic rings. The van der Waals surface area contributed by atoms with Crippen LogP contribution in [-0.4, -0.2) is 103 Å². The summed E-state index contributed by atoms with van der Waals surface area (Å²) in [6.45, 7) is 25.0. The summed E-state index contributed by atoms with van der Waals surface area (Å²) in [7, 11) is 0. The summed E-state index contributed by atoms with van der Waals surface area (Å²) in [5, 5.41) is 17.0. The molecule has 0 radical (unpaired) electrons. The Balaban J connectivity index is 0.000000151. The standard InChI is InChI=1S/3C9H12N4.C9H11N3.C8H11N5.C7H10N6.CH4/c1-6(2)7-5-12-13-8(10)3-4-11-9(7)13;1-6(2)13-5-12-8-7(10)3-4-11-9(8)13;1-6(2)13-4-3-7-8(10)11-5-12-9(7)13;1-7(2)12-6-11-8-4-3-5-10-9(8)12;1-5(2)6-3-10-8-7(9)11-4-12-13(6)8;1-4(2)13-7-5(11-12-13)6(8)9-3-10-7;/h3-6H,10H2,1-2H3;3-6H,1-2H3,(H2,10,11);3-6H,1-2H3,(H2,10,11,12);3-7H,1-2H3;3-5H,1-2H3,(H2,9,11,12);3-4H,1-2H3,(H2,8,9,10);1H4. The van der Waals surface area contributed by atoms with Crippen LogP contribution in [0.25, 0.3) is 55.8 Å². The van der Waals surface area contributed by atoms with Crippen LogP contribution >= 0.6 is 0 Å². The molecule has 0 saturated heterocycles. The Hall–Kier alpha value is -9.49. The summed E-state index contributed by atoms with van der Waals surface area (Å²) in [4.78, 5) is 45.3. The predicted molar refractivity (Wildman–Crippen MR) is 308 cm³/mol. The molecule has 10 N–H and O–H groups in total. The van der Waals surface area contributed by atoms with Crippen LogP contribution in [-0.2, 0) is 0 Å². The smallest absolute Gasteiger partial charge is 0.196 e. The summed E-state index contributed by atoms with van der Waals surface area (Å²) in [6, 6.07) is 10.7. The van der Waals surface area contributed by atoms with Crippen molar-refractivity contribution < 1.29 is 0 Å². The van der Waals surface area contributed by atoms with Gasteiger partial charge < -0.3 is 42.4 Å². The van der Waals surface area contributed by atoms with Gasteiger partial charge in [0.05, 0.1) is 47.9 Å². The zero-order valence-electron chi connectivity index (χ0n) is 45.5. The van der Waals surface area contributed by atoms with Crippen LogP contribution < -0.4 is 28.7 Å². The quantitative estimate of drug-likeness (QED) is 0.104. The van der Waals surface area contributed by atoms with Gasteiger partial charge in [0.15, 0.2) is 45.4 Å². The molecule has 0 atom stereocenters. The molecule has 12 aromatic heterocycles. The van der Waals surface area contributed by atoms with Crippen LogP contribution in [0.2, 0.25) is 0 Å². The highest BCUT2D eigenvalue weighted by molar-refractivity contribution is 5.86. The fourth-order valence-corrected chi connectivity index (χ4v) is 7.69. The van der Waals surface area contributed by atoms with Gasteiger partial charge in [0, 0.05) is 48.5 Å². The molecule has 0 amide bonds. The molecule has 0 aliphatic rings. The number of rotatable bonds is 6. The van der Waals surface area contributed by atoms with Gasteiger partial charge in [-0.1, -0.05) is 40.3 Å². The summed E-state index contributed by atoms with van der Waals surface area (Å²) >= 11 is 0. The first-order valence-corrected chi connectivity index (χ1v) is 25.0. The van der Waals surface area contributed by atoms with E-state index in [1.54, 1.807) is 57.0 Å². The molecule has 0 aromatic carbocycles. The number of aromatic nitrogens is 21. The molecule has 0 unspecified atom stereocenters. The zero-order valence-corrected chi connectivity index (χ0v) is 45.5. The third-order valence-electron chi connectivity index (χ3n) is 11.8. The van der Waals surface area contributed by atoms with Gasteiger partial charge >= 0.3 is 0 Å². The minimum Gasteiger partial charge on any atom is -0.397 e. The van der Waals surface area contributed by atoms with Gasteiger partial charge in [-0.2, -0.15) is 14.7 Å². The largest absolute Gasteiger partial charge is 0.397 e. The van der Waals surface area contributed by atoms with Crippen molar-refractivity contribution in [2.45, 2.75) is 127 Å². The number of anilines is 5. The van der Waals surface area contributed by atoms with Crippen molar-refractivity contribution >= 4 is 84.8 Å². The van der Waals surface area contributed by atoms with Crippen LogP contribution in [0.4, 0.5) is 29.0 Å². The molecule has 26 nitrogen and oxygen atoms in total. The van der Waals surface area contributed by atoms with E-state index in [0.29, 0.717) is 75.7 Å². The molecule has 0 fully saturated rings. The molecular weight excluding hydrogens is 989 g/mol. The summed E-state index contributed by atoms with van der Waals surface area (Å²) in [5.41, 5.74) is 38.5. The van der Waals surface area contributed by atoms with Crippen molar-refractivity contribution in [1.29, 1.82) is 0 Å². The number of nitrogens with two attached hydrogens (primary N) is 5. The Bertz CT molecular complexity index is 3340. The lowest BCUT2D eigenvalue weighted by molar-refractivity contribution is 0.526. The second kappa shape index (κ2) is 25.4. The van der Waals surface area contributed by atoms with Gasteiger partial charge in [0.2, 0.25) is 0 Å². The molecule has 0 saturated carbocycles. The maximum atomic E-state index is 5.75. The molecule has 0 aliphatic heterocycles. The van der Waals surface area contributed by atoms with E-state index in [-0.39, 0.29) is 13.5 Å². The monoisotopic (exact) mass is 1060 g/mol. The first kappa shape index (κ1) is 57.8. The third-order valence-corrected chi connectivity index (χ3v) is 11.8. The van der Waals surface area contributed by atoms with Crippen molar-refractivity contribution in [2.75, 3.05) is 28.7 Å². The number of nitrogens with zero attached hydrogens (tertiary/aromatic N) is 21. The Morgan fingerprint density at radius 2 is 1.08 bits per heavy atom. The van der Waals surface area contributed by atoms with Crippen LogP contribution in [0.1, 0.15) is 138 Å². The molecule has 26 heteroatoms. The van der Waals surface area contributed by atoms with Crippen LogP contribution in [0.5, 0.6) is 0 Å². The van der Waals surface area contributed by atoms with Gasteiger partial charge in [0.1, 0.15) is 47.3 Å². The van der Waals surface area contributed by atoms with E-state index in [1.807, 2.05) is 55.3 Å². The normalized spacial score (nSPS) is 11.2. The Labute approximate surface area is 451 Å². The Morgan fingerprint density at radius 1 is 0.449 bits per heavy atom. The molecule has 0 spiro atoms. The first-order valence-electron chi connectivity index (χ1n) is 25.0. The number of hydrogen-bond acceptors (Lipinski definition) is 20. The lowest BCUT2D eigenvalue weighted by Crippen LogP contribution is -2.04. The second-order valence-corrected chi connectivity index (χ2v) is 19.4. The fraction of sp³-hybridized carbons (Fsp3) is 0.365. The fourth-order valence-electron chi connectivity index (χ4n) is 7.69. The SMILES string of the molecule is C.CC(C)c1cnc2c(N)ncnn12.CC(C)c1cnn2c(N)ccnc12.CC(C)n1ccc2c(N)ncnc21.CC(C)n1cnc2c(N)ccnc21.CC(C)n1cnc2cccnc21.CC(C)n1nnc2c(N)ncnc21. The van der Waals surface area contributed by atoms with Crippen molar-refractivity contribution in [3.8, 4) is 0 Å². The molecule has 410 valence electrons. The van der Waals surface area contributed by atoms with Gasteiger partial charge in [-0.05, 0) is 97.6 Å².